The Labute approximate surface area is 158 Å². The summed E-state index contributed by atoms with van der Waals surface area (Å²) in [7, 11) is 0. The van der Waals surface area contributed by atoms with Crippen molar-refractivity contribution in [2.75, 3.05) is 13.2 Å². The fourth-order valence-electron chi connectivity index (χ4n) is 4.26. The second-order valence-corrected chi connectivity index (χ2v) is 7.20. The van der Waals surface area contributed by atoms with Crippen LogP contribution in [-0.2, 0) is 9.53 Å². The number of aliphatic carboxylic acids is 1. The van der Waals surface area contributed by atoms with Gasteiger partial charge in [-0.3, -0.25) is 4.90 Å². The monoisotopic (exact) mass is 365 g/mol. The summed E-state index contributed by atoms with van der Waals surface area (Å²) >= 11 is 0. The summed E-state index contributed by atoms with van der Waals surface area (Å²) in [4.78, 5) is 25.6. The van der Waals surface area contributed by atoms with Crippen LogP contribution in [0.3, 0.4) is 0 Å². The smallest absolute Gasteiger partial charge is 0.410 e. The van der Waals surface area contributed by atoms with Gasteiger partial charge >= 0.3 is 12.1 Å². The SMILES string of the molecule is O=C(O)C1CCCCCN1C(=O)OCC1c2ccccc2-c2ccccc21. The Hall–Kier alpha value is -2.82. The third-order valence-corrected chi connectivity index (χ3v) is 5.61. The second-order valence-electron chi connectivity index (χ2n) is 7.20. The Morgan fingerprint density at radius 1 is 0.963 bits per heavy atom. The Morgan fingerprint density at radius 2 is 1.59 bits per heavy atom. The van der Waals surface area contributed by atoms with Crippen LogP contribution in [0.1, 0.15) is 42.7 Å². The van der Waals surface area contributed by atoms with Gasteiger partial charge in [0, 0.05) is 12.5 Å². The van der Waals surface area contributed by atoms with E-state index in [2.05, 4.69) is 24.3 Å². The maximum Gasteiger partial charge on any atom is 0.410 e. The molecule has 1 N–H and O–H groups in total. The number of hydrogen-bond donors (Lipinski definition) is 1. The fraction of sp³-hybridized carbons (Fsp3) is 0.364. The number of carboxylic acid groups (broad SMARTS) is 1. The first-order valence-electron chi connectivity index (χ1n) is 9.51. The first-order valence-corrected chi connectivity index (χ1v) is 9.51. The summed E-state index contributed by atoms with van der Waals surface area (Å²) in [6.45, 7) is 0.656. The van der Waals surface area contributed by atoms with E-state index in [1.54, 1.807) is 0 Å². The molecule has 5 nitrogen and oxygen atoms in total. The summed E-state index contributed by atoms with van der Waals surface area (Å²) in [5.74, 6) is -0.970. The molecule has 1 aliphatic carbocycles. The zero-order valence-electron chi connectivity index (χ0n) is 15.1. The quantitative estimate of drug-likeness (QED) is 0.882. The summed E-state index contributed by atoms with van der Waals surface area (Å²) in [5.41, 5.74) is 4.65. The molecule has 2 aromatic rings. The molecule has 1 aliphatic heterocycles. The molecule has 0 aromatic heterocycles. The molecule has 1 unspecified atom stereocenters. The van der Waals surface area contributed by atoms with Crippen molar-refractivity contribution in [1.82, 2.24) is 4.90 Å². The average Bonchev–Trinajstić information content (AvgIpc) is 2.83. The van der Waals surface area contributed by atoms with Crippen molar-refractivity contribution in [3.05, 3.63) is 59.7 Å². The number of benzene rings is 2. The largest absolute Gasteiger partial charge is 0.480 e. The molecule has 0 radical (unpaired) electrons. The fourth-order valence-corrected chi connectivity index (χ4v) is 4.26. The van der Waals surface area contributed by atoms with Crippen LogP contribution in [0.4, 0.5) is 4.79 Å². The zero-order chi connectivity index (χ0) is 18.8. The van der Waals surface area contributed by atoms with Crippen LogP contribution in [0.15, 0.2) is 48.5 Å². The maximum absolute atomic E-state index is 12.7. The van der Waals surface area contributed by atoms with Crippen molar-refractivity contribution in [1.29, 1.82) is 0 Å². The van der Waals surface area contributed by atoms with Gasteiger partial charge in [0.2, 0.25) is 0 Å². The van der Waals surface area contributed by atoms with Crippen molar-refractivity contribution in [2.24, 2.45) is 0 Å². The molecule has 1 amide bonds. The van der Waals surface area contributed by atoms with E-state index in [9.17, 15) is 14.7 Å². The van der Waals surface area contributed by atoms with Crippen LogP contribution in [0.25, 0.3) is 11.1 Å². The van der Waals surface area contributed by atoms with E-state index in [4.69, 9.17) is 4.74 Å². The van der Waals surface area contributed by atoms with Gasteiger partial charge in [-0.2, -0.15) is 0 Å². The van der Waals surface area contributed by atoms with Gasteiger partial charge in [0.15, 0.2) is 0 Å². The third kappa shape index (κ3) is 3.29. The molecule has 0 spiro atoms. The number of carbonyl (C=O) groups is 2. The average molecular weight is 365 g/mol. The topological polar surface area (TPSA) is 66.8 Å². The van der Waals surface area contributed by atoms with Gasteiger partial charge in [-0.05, 0) is 35.1 Å². The highest BCUT2D eigenvalue weighted by molar-refractivity contribution is 5.81. The number of carboxylic acids is 1. The highest BCUT2D eigenvalue weighted by Gasteiger charge is 2.34. The lowest BCUT2D eigenvalue weighted by molar-refractivity contribution is -0.142. The first kappa shape index (κ1) is 17.6. The van der Waals surface area contributed by atoms with Gasteiger partial charge in [-0.25, -0.2) is 9.59 Å². The van der Waals surface area contributed by atoms with Gasteiger partial charge in [-0.15, -0.1) is 0 Å². The number of rotatable bonds is 3. The normalized spacial score (nSPS) is 19.1. The number of carbonyl (C=O) groups excluding carboxylic acids is 1. The highest BCUT2D eigenvalue weighted by atomic mass is 16.6. The van der Waals surface area contributed by atoms with Gasteiger partial charge in [-0.1, -0.05) is 61.4 Å². The molecule has 0 bridgehead atoms. The number of ether oxygens (including phenoxy) is 1. The molecule has 140 valence electrons. The standard InChI is InChI=1S/C22H23NO4/c24-21(25)20-12-2-1-7-13-23(20)22(26)27-14-19-17-10-5-3-8-15(17)16-9-4-6-11-18(16)19/h3-6,8-11,19-20H,1-2,7,12-14H2,(H,24,25). The van der Waals surface area contributed by atoms with Crippen LogP contribution in [0, 0.1) is 0 Å². The molecular weight excluding hydrogens is 342 g/mol. The lowest BCUT2D eigenvalue weighted by Gasteiger charge is -2.27. The highest BCUT2D eigenvalue weighted by Crippen LogP contribution is 2.44. The Bertz CT molecular complexity index is 817. The minimum absolute atomic E-state index is 0.0170. The molecule has 1 atom stereocenters. The van der Waals surface area contributed by atoms with Crippen molar-refractivity contribution in [3.8, 4) is 11.1 Å². The van der Waals surface area contributed by atoms with E-state index < -0.39 is 18.1 Å². The minimum atomic E-state index is -0.953. The minimum Gasteiger partial charge on any atom is -0.480 e. The van der Waals surface area contributed by atoms with Crippen LogP contribution in [-0.4, -0.2) is 41.3 Å². The molecule has 0 saturated carbocycles. The molecule has 1 fully saturated rings. The van der Waals surface area contributed by atoms with E-state index in [-0.39, 0.29) is 12.5 Å². The van der Waals surface area contributed by atoms with Crippen molar-refractivity contribution in [2.45, 2.75) is 37.6 Å². The van der Waals surface area contributed by atoms with E-state index in [1.807, 2.05) is 24.3 Å². The molecular formula is C22H23NO4. The molecule has 5 heteroatoms. The van der Waals surface area contributed by atoms with Crippen LogP contribution < -0.4 is 0 Å². The number of hydrogen-bond acceptors (Lipinski definition) is 3. The third-order valence-electron chi connectivity index (χ3n) is 5.61. The van der Waals surface area contributed by atoms with Crippen molar-refractivity contribution < 1.29 is 19.4 Å². The number of fused-ring (bicyclic) bond motifs is 3. The molecule has 27 heavy (non-hydrogen) atoms. The van der Waals surface area contributed by atoms with E-state index >= 15 is 0 Å². The predicted octanol–water partition coefficient (Wildman–Crippen LogP) is 4.26. The molecule has 2 aromatic carbocycles. The lowest BCUT2D eigenvalue weighted by Crippen LogP contribution is -2.45. The van der Waals surface area contributed by atoms with E-state index in [0.29, 0.717) is 13.0 Å². The number of amides is 1. The van der Waals surface area contributed by atoms with Crippen LogP contribution in [0.5, 0.6) is 0 Å². The van der Waals surface area contributed by atoms with Crippen molar-refractivity contribution in [3.63, 3.8) is 0 Å². The summed E-state index contributed by atoms with van der Waals surface area (Å²) < 4.78 is 5.64. The van der Waals surface area contributed by atoms with Crippen LogP contribution in [0.2, 0.25) is 0 Å². The van der Waals surface area contributed by atoms with E-state index in [0.717, 1.165) is 30.4 Å². The lowest BCUT2D eigenvalue weighted by atomic mass is 9.98. The number of nitrogens with zero attached hydrogens (tertiary/aromatic N) is 1. The second kappa shape index (κ2) is 7.43. The van der Waals surface area contributed by atoms with Gasteiger partial charge in [0.05, 0.1) is 0 Å². The summed E-state index contributed by atoms with van der Waals surface area (Å²) in [6.07, 6.45) is 2.54. The van der Waals surface area contributed by atoms with Gasteiger partial charge < -0.3 is 9.84 Å². The van der Waals surface area contributed by atoms with E-state index in [1.165, 1.54) is 16.0 Å². The molecule has 1 saturated heterocycles. The zero-order valence-corrected chi connectivity index (χ0v) is 15.1. The Kier molecular flexibility index (Phi) is 4.84. The maximum atomic E-state index is 12.7. The van der Waals surface area contributed by atoms with Crippen molar-refractivity contribution >= 4 is 12.1 Å². The molecule has 1 heterocycles. The summed E-state index contributed by atoms with van der Waals surface area (Å²) in [6, 6.07) is 15.5. The van der Waals surface area contributed by atoms with Gasteiger partial charge in [0.1, 0.15) is 12.6 Å². The number of likely N-dealkylation sites (tertiary alicyclic amines) is 1. The van der Waals surface area contributed by atoms with Gasteiger partial charge in [0.25, 0.3) is 0 Å². The molecule has 2 aliphatic rings. The molecule has 4 rings (SSSR count). The Balaban J connectivity index is 1.53. The predicted molar refractivity (Wildman–Crippen MR) is 102 cm³/mol. The Morgan fingerprint density at radius 3 is 2.22 bits per heavy atom. The van der Waals surface area contributed by atoms with Crippen LogP contribution >= 0.6 is 0 Å². The first-order chi connectivity index (χ1) is 13.2. The summed E-state index contributed by atoms with van der Waals surface area (Å²) in [5, 5.41) is 9.47.